The zero-order valence-electron chi connectivity index (χ0n) is 13.3. The van der Waals surface area contributed by atoms with Crippen LogP contribution in [0.4, 0.5) is 10.1 Å². The number of anilines is 1. The summed E-state index contributed by atoms with van der Waals surface area (Å²) in [5.74, 6) is 0.621. The first kappa shape index (κ1) is 15.3. The molecule has 2 aromatic rings. The lowest BCUT2D eigenvalue weighted by molar-refractivity contribution is 0.102. The lowest BCUT2D eigenvalue weighted by Gasteiger charge is -2.07. The van der Waals surface area contributed by atoms with Gasteiger partial charge in [0.15, 0.2) is 0 Å². The highest BCUT2D eigenvalue weighted by atomic mass is 19.1. The molecule has 1 heterocycles. The Balaban J connectivity index is 1.32. The second-order valence-electron chi connectivity index (χ2n) is 6.75. The molecule has 0 bridgehead atoms. The number of benzene rings is 1. The van der Waals surface area contributed by atoms with Crippen molar-refractivity contribution in [2.75, 3.05) is 11.9 Å². The van der Waals surface area contributed by atoms with Crippen molar-refractivity contribution in [3.63, 3.8) is 0 Å². The summed E-state index contributed by atoms with van der Waals surface area (Å²) in [4.78, 5) is 15.6. The van der Waals surface area contributed by atoms with Gasteiger partial charge in [-0.1, -0.05) is 12.1 Å². The molecule has 0 unspecified atom stereocenters. The molecule has 24 heavy (non-hydrogen) atoms. The van der Waals surface area contributed by atoms with E-state index in [2.05, 4.69) is 27.8 Å². The maximum atomic E-state index is 12.8. The van der Waals surface area contributed by atoms with E-state index < -0.39 is 5.95 Å². The van der Waals surface area contributed by atoms with Crippen LogP contribution in [-0.4, -0.2) is 23.5 Å². The second-order valence-corrected chi connectivity index (χ2v) is 6.75. The molecule has 2 atom stereocenters. The first-order valence-electron chi connectivity index (χ1n) is 8.45. The Hall–Kier alpha value is -2.27. The highest BCUT2D eigenvalue weighted by molar-refractivity contribution is 6.04. The monoisotopic (exact) mass is 325 g/mol. The Morgan fingerprint density at radius 1 is 1.17 bits per heavy atom. The molecular formula is C19H20FN3O. The van der Waals surface area contributed by atoms with E-state index in [4.69, 9.17) is 0 Å². The maximum Gasteiger partial charge on any atom is 0.257 e. The first-order valence-corrected chi connectivity index (χ1v) is 8.45. The standard InChI is InChI=1S/C19H20FN3O/c20-18-8-5-14(11-22-18)19(24)23-15-6-3-13(4-7-15)16-9-17(16)21-10-12-1-2-12/h3-8,11-12,16-17,21H,1-2,9-10H2,(H,23,24)/t16-,17+/m0/s1. The van der Waals surface area contributed by atoms with Gasteiger partial charge in [-0.3, -0.25) is 4.79 Å². The molecule has 1 amide bonds. The number of rotatable bonds is 6. The Morgan fingerprint density at radius 3 is 2.62 bits per heavy atom. The van der Waals surface area contributed by atoms with Gasteiger partial charge in [-0.2, -0.15) is 4.39 Å². The van der Waals surface area contributed by atoms with Crippen LogP contribution in [0.15, 0.2) is 42.6 Å². The van der Waals surface area contributed by atoms with Gasteiger partial charge in [-0.25, -0.2) is 4.98 Å². The number of nitrogens with zero attached hydrogens (tertiary/aromatic N) is 1. The molecule has 1 aromatic carbocycles. The SMILES string of the molecule is O=C(Nc1ccc([C@@H]2C[C@H]2NCC2CC2)cc1)c1ccc(F)nc1. The zero-order chi connectivity index (χ0) is 16.5. The van der Waals surface area contributed by atoms with E-state index in [0.29, 0.717) is 17.5 Å². The van der Waals surface area contributed by atoms with E-state index in [-0.39, 0.29) is 5.91 Å². The minimum absolute atomic E-state index is 0.286. The number of hydrogen-bond acceptors (Lipinski definition) is 3. The van der Waals surface area contributed by atoms with Crippen LogP contribution in [0.25, 0.3) is 0 Å². The Kier molecular flexibility index (Phi) is 4.02. The van der Waals surface area contributed by atoms with E-state index >= 15 is 0 Å². The first-order chi connectivity index (χ1) is 11.7. The Morgan fingerprint density at radius 2 is 1.96 bits per heavy atom. The van der Waals surface area contributed by atoms with Gasteiger partial charge in [0.05, 0.1) is 5.56 Å². The van der Waals surface area contributed by atoms with E-state index in [9.17, 15) is 9.18 Å². The molecule has 0 saturated heterocycles. The van der Waals surface area contributed by atoms with Crippen LogP contribution < -0.4 is 10.6 Å². The summed E-state index contributed by atoms with van der Waals surface area (Å²) in [6.45, 7) is 1.15. The van der Waals surface area contributed by atoms with Crippen LogP contribution in [0.1, 0.15) is 41.1 Å². The molecule has 4 nitrogen and oxygen atoms in total. The average molecular weight is 325 g/mol. The molecule has 2 aliphatic carbocycles. The number of carbonyl (C=O) groups is 1. The average Bonchev–Trinajstić information content (AvgIpc) is 3.49. The summed E-state index contributed by atoms with van der Waals surface area (Å²) in [5.41, 5.74) is 2.38. The minimum atomic E-state index is -0.592. The van der Waals surface area contributed by atoms with E-state index in [1.54, 1.807) is 0 Å². The third-order valence-electron chi connectivity index (χ3n) is 4.74. The van der Waals surface area contributed by atoms with Crippen molar-refractivity contribution < 1.29 is 9.18 Å². The molecule has 5 heteroatoms. The number of aromatic nitrogens is 1. The third-order valence-corrected chi connectivity index (χ3v) is 4.74. The summed E-state index contributed by atoms with van der Waals surface area (Å²) >= 11 is 0. The fraction of sp³-hybridized carbons (Fsp3) is 0.368. The molecule has 0 aliphatic heterocycles. The number of amides is 1. The maximum absolute atomic E-state index is 12.8. The number of pyridine rings is 1. The predicted molar refractivity (Wildman–Crippen MR) is 90.5 cm³/mol. The minimum Gasteiger partial charge on any atom is -0.322 e. The van der Waals surface area contributed by atoms with Crippen LogP contribution in [0.5, 0.6) is 0 Å². The predicted octanol–water partition coefficient (Wildman–Crippen LogP) is 3.33. The van der Waals surface area contributed by atoms with Crippen LogP contribution in [-0.2, 0) is 0 Å². The molecule has 1 aromatic heterocycles. The fourth-order valence-corrected chi connectivity index (χ4v) is 2.96. The van der Waals surface area contributed by atoms with Crippen LogP contribution in [0.3, 0.4) is 0 Å². The second kappa shape index (κ2) is 6.32. The van der Waals surface area contributed by atoms with E-state index in [0.717, 1.165) is 18.2 Å². The quantitative estimate of drug-likeness (QED) is 0.801. The Bertz CT molecular complexity index is 725. The van der Waals surface area contributed by atoms with Crippen molar-refractivity contribution in [1.82, 2.24) is 10.3 Å². The van der Waals surface area contributed by atoms with Crippen molar-refractivity contribution in [2.24, 2.45) is 5.92 Å². The van der Waals surface area contributed by atoms with E-state index in [1.807, 2.05) is 12.1 Å². The molecule has 2 saturated carbocycles. The van der Waals surface area contributed by atoms with Gasteiger partial charge < -0.3 is 10.6 Å². The summed E-state index contributed by atoms with van der Waals surface area (Å²) in [6.07, 6.45) is 5.18. The fourth-order valence-electron chi connectivity index (χ4n) is 2.96. The molecule has 0 spiro atoms. The summed E-state index contributed by atoms with van der Waals surface area (Å²) < 4.78 is 12.8. The number of carbonyl (C=O) groups excluding carboxylic acids is 1. The van der Waals surface area contributed by atoms with Crippen molar-refractivity contribution in [3.05, 3.63) is 59.7 Å². The molecule has 0 radical (unpaired) electrons. The molecular weight excluding hydrogens is 305 g/mol. The largest absolute Gasteiger partial charge is 0.322 e. The normalized spacial score (nSPS) is 22.2. The summed E-state index contributed by atoms with van der Waals surface area (Å²) in [6, 6.07) is 11.2. The van der Waals surface area contributed by atoms with E-state index in [1.165, 1.54) is 43.2 Å². The molecule has 2 fully saturated rings. The van der Waals surface area contributed by atoms with Gasteiger partial charge in [0.1, 0.15) is 0 Å². The van der Waals surface area contributed by atoms with Gasteiger partial charge in [-0.15, -0.1) is 0 Å². The van der Waals surface area contributed by atoms with Crippen molar-refractivity contribution in [1.29, 1.82) is 0 Å². The number of halogens is 1. The lowest BCUT2D eigenvalue weighted by atomic mass is 10.1. The van der Waals surface area contributed by atoms with Crippen LogP contribution >= 0.6 is 0 Å². The summed E-state index contributed by atoms with van der Waals surface area (Å²) in [5, 5.41) is 6.44. The molecule has 124 valence electrons. The van der Waals surface area contributed by atoms with Crippen molar-refractivity contribution >= 4 is 11.6 Å². The van der Waals surface area contributed by atoms with Gasteiger partial charge in [0.25, 0.3) is 5.91 Å². The van der Waals surface area contributed by atoms with Crippen molar-refractivity contribution in [3.8, 4) is 0 Å². The zero-order valence-corrected chi connectivity index (χ0v) is 13.3. The van der Waals surface area contributed by atoms with Gasteiger partial charge in [-0.05, 0) is 61.6 Å². The summed E-state index contributed by atoms with van der Waals surface area (Å²) in [7, 11) is 0. The molecule has 2 N–H and O–H groups in total. The van der Waals surface area contributed by atoms with Gasteiger partial charge >= 0.3 is 0 Å². The van der Waals surface area contributed by atoms with Crippen LogP contribution in [0.2, 0.25) is 0 Å². The highest BCUT2D eigenvalue weighted by Crippen LogP contribution is 2.41. The van der Waals surface area contributed by atoms with Gasteiger partial charge in [0.2, 0.25) is 5.95 Å². The smallest absolute Gasteiger partial charge is 0.257 e. The van der Waals surface area contributed by atoms with Crippen molar-refractivity contribution in [2.45, 2.75) is 31.2 Å². The Labute approximate surface area is 140 Å². The van der Waals surface area contributed by atoms with Crippen LogP contribution in [0, 0.1) is 11.9 Å². The molecule has 4 rings (SSSR count). The number of hydrogen-bond donors (Lipinski definition) is 2. The lowest BCUT2D eigenvalue weighted by Crippen LogP contribution is -2.20. The highest BCUT2D eigenvalue weighted by Gasteiger charge is 2.38. The topological polar surface area (TPSA) is 54.0 Å². The number of nitrogens with one attached hydrogen (secondary N) is 2. The van der Waals surface area contributed by atoms with Gasteiger partial charge in [0, 0.05) is 23.8 Å². The third kappa shape index (κ3) is 3.62. The molecule has 2 aliphatic rings.